The second kappa shape index (κ2) is 5.81. The lowest BCUT2D eigenvalue weighted by Gasteiger charge is -2.20. The lowest BCUT2D eigenvalue weighted by atomic mass is 10.0. The monoisotopic (exact) mass is 301 g/mol. The van der Waals surface area contributed by atoms with Crippen LogP contribution in [0.5, 0.6) is 0 Å². The number of amides is 1. The van der Waals surface area contributed by atoms with Crippen molar-refractivity contribution in [1.82, 2.24) is 9.97 Å². The van der Waals surface area contributed by atoms with E-state index in [1.165, 1.54) is 6.33 Å². The molecule has 1 amide bonds. The van der Waals surface area contributed by atoms with Crippen LogP contribution in [0.25, 0.3) is 0 Å². The van der Waals surface area contributed by atoms with Gasteiger partial charge in [0.25, 0.3) is 0 Å². The first-order valence-corrected chi connectivity index (χ1v) is 6.00. The molecule has 0 aliphatic carbocycles. The second-order valence-electron chi connectivity index (χ2n) is 3.90. The van der Waals surface area contributed by atoms with E-state index in [2.05, 4.69) is 36.5 Å². The first-order chi connectivity index (χ1) is 7.97. The average Bonchev–Trinajstić information content (AvgIpc) is 2.26. The van der Waals surface area contributed by atoms with Gasteiger partial charge in [-0.1, -0.05) is 13.8 Å². The zero-order valence-electron chi connectivity index (χ0n) is 9.99. The third-order valence-electron chi connectivity index (χ3n) is 2.29. The summed E-state index contributed by atoms with van der Waals surface area (Å²) in [7, 11) is 1.75. The SMILES string of the molecule is CNc1ncnc(NC(C(N)=O)C(C)C)c1Br. The van der Waals surface area contributed by atoms with Crippen LogP contribution in [0.2, 0.25) is 0 Å². The number of nitrogens with one attached hydrogen (secondary N) is 2. The van der Waals surface area contributed by atoms with E-state index in [1.54, 1.807) is 7.05 Å². The molecule has 1 rings (SSSR count). The fourth-order valence-electron chi connectivity index (χ4n) is 1.36. The zero-order valence-corrected chi connectivity index (χ0v) is 11.6. The van der Waals surface area contributed by atoms with Crippen molar-refractivity contribution in [2.75, 3.05) is 17.7 Å². The Balaban J connectivity index is 2.97. The predicted octanol–water partition coefficient (Wildman–Crippen LogP) is 1.20. The second-order valence-corrected chi connectivity index (χ2v) is 4.70. The number of hydrogen-bond donors (Lipinski definition) is 3. The molecule has 1 unspecified atom stereocenters. The summed E-state index contributed by atoms with van der Waals surface area (Å²) < 4.78 is 0.675. The topological polar surface area (TPSA) is 92.9 Å². The van der Waals surface area contributed by atoms with Crippen LogP contribution in [0.3, 0.4) is 0 Å². The molecule has 0 aliphatic heterocycles. The van der Waals surface area contributed by atoms with Gasteiger partial charge >= 0.3 is 0 Å². The first kappa shape index (κ1) is 13.7. The van der Waals surface area contributed by atoms with Crippen LogP contribution in [0.4, 0.5) is 11.6 Å². The summed E-state index contributed by atoms with van der Waals surface area (Å²) in [5.41, 5.74) is 5.33. The zero-order chi connectivity index (χ0) is 13.0. The van der Waals surface area contributed by atoms with Gasteiger partial charge in [0.05, 0.1) is 0 Å². The number of hydrogen-bond acceptors (Lipinski definition) is 5. The third-order valence-corrected chi connectivity index (χ3v) is 3.04. The predicted molar refractivity (Wildman–Crippen MR) is 70.7 cm³/mol. The van der Waals surface area contributed by atoms with Crippen molar-refractivity contribution in [3.8, 4) is 0 Å². The van der Waals surface area contributed by atoms with E-state index in [4.69, 9.17) is 5.73 Å². The molecule has 1 aromatic heterocycles. The summed E-state index contributed by atoms with van der Waals surface area (Å²) in [5, 5.41) is 5.92. The number of nitrogens with two attached hydrogens (primary N) is 1. The fraction of sp³-hybridized carbons (Fsp3) is 0.500. The van der Waals surface area contributed by atoms with E-state index < -0.39 is 11.9 Å². The van der Waals surface area contributed by atoms with Gasteiger partial charge in [0.15, 0.2) is 0 Å². The van der Waals surface area contributed by atoms with Gasteiger partial charge in [0.2, 0.25) is 5.91 Å². The highest BCUT2D eigenvalue weighted by atomic mass is 79.9. The highest BCUT2D eigenvalue weighted by molar-refractivity contribution is 9.10. The van der Waals surface area contributed by atoms with Crippen molar-refractivity contribution < 1.29 is 4.79 Å². The Morgan fingerprint density at radius 2 is 2.00 bits per heavy atom. The molecule has 94 valence electrons. The maximum atomic E-state index is 11.3. The largest absolute Gasteiger partial charge is 0.372 e. The number of aromatic nitrogens is 2. The van der Waals surface area contributed by atoms with Crippen LogP contribution >= 0.6 is 15.9 Å². The molecule has 1 heterocycles. The maximum Gasteiger partial charge on any atom is 0.240 e. The summed E-state index contributed by atoms with van der Waals surface area (Å²) in [5.74, 6) is 0.861. The minimum Gasteiger partial charge on any atom is -0.372 e. The Morgan fingerprint density at radius 3 is 2.47 bits per heavy atom. The van der Waals surface area contributed by atoms with Crippen LogP contribution in [0.1, 0.15) is 13.8 Å². The van der Waals surface area contributed by atoms with Gasteiger partial charge in [-0.25, -0.2) is 9.97 Å². The molecule has 0 saturated carbocycles. The number of primary amides is 1. The number of carbonyl (C=O) groups excluding carboxylic acids is 1. The lowest BCUT2D eigenvalue weighted by Crippen LogP contribution is -2.39. The van der Waals surface area contributed by atoms with Crippen LogP contribution < -0.4 is 16.4 Å². The highest BCUT2D eigenvalue weighted by Crippen LogP contribution is 2.27. The Hall–Kier alpha value is -1.37. The molecule has 4 N–H and O–H groups in total. The van der Waals surface area contributed by atoms with Crippen molar-refractivity contribution in [3.63, 3.8) is 0 Å². The van der Waals surface area contributed by atoms with Gasteiger partial charge < -0.3 is 16.4 Å². The molecule has 1 aromatic rings. The fourth-order valence-corrected chi connectivity index (χ4v) is 1.88. The summed E-state index contributed by atoms with van der Waals surface area (Å²) in [4.78, 5) is 19.4. The van der Waals surface area contributed by atoms with Crippen LogP contribution in [0.15, 0.2) is 10.8 Å². The van der Waals surface area contributed by atoms with E-state index in [0.29, 0.717) is 16.1 Å². The van der Waals surface area contributed by atoms with E-state index in [0.717, 1.165) is 0 Å². The van der Waals surface area contributed by atoms with Gasteiger partial charge in [0.1, 0.15) is 28.5 Å². The molecule has 0 saturated heterocycles. The first-order valence-electron chi connectivity index (χ1n) is 5.21. The minimum absolute atomic E-state index is 0.0763. The number of anilines is 2. The third kappa shape index (κ3) is 3.29. The molecule has 0 aromatic carbocycles. The minimum atomic E-state index is -0.467. The molecule has 0 aliphatic rings. The summed E-state index contributed by atoms with van der Waals surface area (Å²) in [6.07, 6.45) is 1.41. The molecule has 0 bridgehead atoms. The van der Waals surface area contributed by atoms with Crippen molar-refractivity contribution in [2.24, 2.45) is 11.7 Å². The number of rotatable bonds is 5. The molecular weight excluding hydrogens is 286 g/mol. The molecule has 7 heteroatoms. The van der Waals surface area contributed by atoms with Crippen molar-refractivity contribution in [3.05, 3.63) is 10.8 Å². The van der Waals surface area contributed by atoms with Crippen molar-refractivity contribution >= 4 is 33.5 Å². The number of carbonyl (C=O) groups is 1. The highest BCUT2D eigenvalue weighted by Gasteiger charge is 2.21. The van der Waals surface area contributed by atoms with Gasteiger partial charge in [-0.3, -0.25) is 4.79 Å². The lowest BCUT2D eigenvalue weighted by molar-refractivity contribution is -0.119. The average molecular weight is 302 g/mol. The Bertz CT molecular complexity index is 410. The molecular formula is C10H16BrN5O. The summed E-state index contributed by atoms with van der Waals surface area (Å²) >= 11 is 3.37. The van der Waals surface area contributed by atoms with Gasteiger partial charge in [-0.2, -0.15) is 0 Å². The quantitative estimate of drug-likeness (QED) is 0.760. The van der Waals surface area contributed by atoms with E-state index in [-0.39, 0.29) is 5.92 Å². The van der Waals surface area contributed by atoms with Crippen LogP contribution in [-0.2, 0) is 4.79 Å². The van der Waals surface area contributed by atoms with Crippen LogP contribution in [-0.4, -0.2) is 29.0 Å². The van der Waals surface area contributed by atoms with Gasteiger partial charge in [-0.05, 0) is 21.8 Å². The standard InChI is InChI=1S/C10H16BrN5O/c1-5(2)7(8(12)17)16-10-6(11)9(13-3)14-4-15-10/h4-5,7H,1-3H3,(H2,12,17)(H2,13,14,15,16). The molecule has 0 fully saturated rings. The van der Waals surface area contributed by atoms with E-state index in [1.807, 2.05) is 13.8 Å². The summed E-state index contributed by atoms with van der Waals surface area (Å²) in [6, 6.07) is -0.467. The normalized spacial score (nSPS) is 12.3. The van der Waals surface area contributed by atoms with Gasteiger partial charge in [0, 0.05) is 7.05 Å². The molecule has 17 heavy (non-hydrogen) atoms. The van der Waals surface area contributed by atoms with E-state index >= 15 is 0 Å². The van der Waals surface area contributed by atoms with Crippen molar-refractivity contribution in [1.29, 1.82) is 0 Å². The molecule has 1 atom stereocenters. The Morgan fingerprint density at radius 1 is 1.41 bits per heavy atom. The number of nitrogens with zero attached hydrogens (tertiary/aromatic N) is 2. The Kier molecular flexibility index (Phi) is 4.68. The smallest absolute Gasteiger partial charge is 0.240 e. The van der Waals surface area contributed by atoms with E-state index in [9.17, 15) is 4.79 Å². The van der Waals surface area contributed by atoms with Gasteiger partial charge in [-0.15, -0.1) is 0 Å². The maximum absolute atomic E-state index is 11.3. The Labute approximate surface area is 109 Å². The molecule has 0 radical (unpaired) electrons. The molecule has 6 nitrogen and oxygen atoms in total. The molecule has 0 spiro atoms. The number of halogens is 1. The van der Waals surface area contributed by atoms with Crippen molar-refractivity contribution in [2.45, 2.75) is 19.9 Å². The summed E-state index contributed by atoms with van der Waals surface area (Å²) in [6.45, 7) is 3.83. The van der Waals surface area contributed by atoms with Crippen LogP contribution in [0, 0.1) is 5.92 Å².